The van der Waals surface area contributed by atoms with Gasteiger partial charge < -0.3 is 10.1 Å². The molecule has 0 atom stereocenters. The minimum absolute atomic E-state index is 0.195. The van der Waals surface area contributed by atoms with Crippen LogP contribution in [0.25, 0.3) is 0 Å². The Bertz CT molecular complexity index is 736. The van der Waals surface area contributed by atoms with Crippen molar-refractivity contribution in [1.82, 2.24) is 5.32 Å². The number of benzene rings is 2. The van der Waals surface area contributed by atoms with Crippen molar-refractivity contribution in [2.24, 2.45) is 0 Å². The van der Waals surface area contributed by atoms with E-state index < -0.39 is 18.0 Å². The summed E-state index contributed by atoms with van der Waals surface area (Å²) in [5.41, 5.74) is 0.568. The number of carbonyl (C=O) groups is 1. The first-order chi connectivity index (χ1) is 11.3. The van der Waals surface area contributed by atoms with Crippen molar-refractivity contribution in [2.45, 2.75) is 12.8 Å². The standard InChI is InChI=1S/C16H12Cl2F3NO2/c17-11-6-5-10(13(18)9-11)7-8-22-15(23)12-3-1-2-4-14(12)24-16(19,20)21/h1-6,9H,7-8H2,(H,22,23). The van der Waals surface area contributed by atoms with Crippen molar-refractivity contribution in [2.75, 3.05) is 6.54 Å². The molecule has 1 N–H and O–H groups in total. The molecule has 0 saturated heterocycles. The number of rotatable bonds is 5. The van der Waals surface area contributed by atoms with E-state index in [1.165, 1.54) is 18.2 Å². The molecular formula is C16H12Cl2F3NO2. The first kappa shape index (κ1) is 18.4. The van der Waals surface area contributed by atoms with E-state index in [4.69, 9.17) is 23.2 Å². The van der Waals surface area contributed by atoms with Crippen LogP contribution in [0.4, 0.5) is 13.2 Å². The first-order valence-electron chi connectivity index (χ1n) is 6.83. The predicted octanol–water partition coefficient (Wildman–Crippen LogP) is 4.86. The molecule has 2 aromatic carbocycles. The minimum atomic E-state index is -4.87. The number of ether oxygens (including phenoxy) is 1. The summed E-state index contributed by atoms with van der Waals surface area (Å²) in [6, 6.07) is 10.1. The lowest BCUT2D eigenvalue weighted by Gasteiger charge is -2.13. The first-order valence-corrected chi connectivity index (χ1v) is 7.59. The Morgan fingerprint density at radius 1 is 1.12 bits per heavy atom. The van der Waals surface area contributed by atoms with E-state index in [1.54, 1.807) is 18.2 Å². The molecular weight excluding hydrogens is 366 g/mol. The van der Waals surface area contributed by atoms with Crippen LogP contribution in [-0.4, -0.2) is 18.8 Å². The molecule has 0 fully saturated rings. The van der Waals surface area contributed by atoms with Gasteiger partial charge in [-0.15, -0.1) is 13.2 Å². The molecule has 3 nitrogen and oxygen atoms in total. The monoisotopic (exact) mass is 377 g/mol. The molecule has 1 amide bonds. The van der Waals surface area contributed by atoms with E-state index in [0.29, 0.717) is 16.5 Å². The zero-order chi connectivity index (χ0) is 17.7. The lowest BCUT2D eigenvalue weighted by atomic mass is 10.1. The van der Waals surface area contributed by atoms with Crippen LogP contribution in [0.2, 0.25) is 10.0 Å². The summed E-state index contributed by atoms with van der Waals surface area (Å²) in [6.45, 7) is 0.195. The highest BCUT2D eigenvalue weighted by Gasteiger charge is 2.32. The van der Waals surface area contributed by atoms with E-state index in [1.807, 2.05) is 0 Å². The molecule has 0 heterocycles. The number of hydrogen-bond acceptors (Lipinski definition) is 2. The molecule has 0 unspecified atom stereocenters. The summed E-state index contributed by atoms with van der Waals surface area (Å²) in [5.74, 6) is -1.22. The van der Waals surface area contributed by atoms with Crippen molar-refractivity contribution >= 4 is 29.1 Å². The van der Waals surface area contributed by atoms with Crippen LogP contribution in [0.1, 0.15) is 15.9 Å². The zero-order valence-electron chi connectivity index (χ0n) is 12.2. The Hall–Kier alpha value is -1.92. The van der Waals surface area contributed by atoms with Crippen molar-refractivity contribution in [1.29, 1.82) is 0 Å². The van der Waals surface area contributed by atoms with E-state index in [9.17, 15) is 18.0 Å². The Kier molecular flexibility index (Phi) is 5.96. The van der Waals surface area contributed by atoms with Gasteiger partial charge in [0.2, 0.25) is 0 Å². The van der Waals surface area contributed by atoms with Gasteiger partial charge in [-0.25, -0.2) is 0 Å². The zero-order valence-corrected chi connectivity index (χ0v) is 13.7. The Labute approximate surface area is 146 Å². The van der Waals surface area contributed by atoms with Gasteiger partial charge in [-0.2, -0.15) is 0 Å². The van der Waals surface area contributed by atoms with Crippen LogP contribution < -0.4 is 10.1 Å². The van der Waals surface area contributed by atoms with Crippen molar-refractivity contribution in [3.8, 4) is 5.75 Å². The Morgan fingerprint density at radius 2 is 1.83 bits per heavy atom. The van der Waals surface area contributed by atoms with E-state index in [0.717, 1.165) is 11.6 Å². The second kappa shape index (κ2) is 7.77. The third-order valence-electron chi connectivity index (χ3n) is 3.05. The second-order valence-corrected chi connectivity index (χ2v) is 5.63. The maximum absolute atomic E-state index is 12.4. The van der Waals surface area contributed by atoms with E-state index >= 15 is 0 Å². The maximum Gasteiger partial charge on any atom is 0.573 e. The normalized spacial score (nSPS) is 11.2. The van der Waals surface area contributed by atoms with Crippen LogP contribution in [0.3, 0.4) is 0 Å². The van der Waals surface area contributed by atoms with Crippen LogP contribution >= 0.6 is 23.2 Å². The van der Waals surface area contributed by atoms with Gasteiger partial charge in [0.25, 0.3) is 5.91 Å². The van der Waals surface area contributed by atoms with E-state index in [-0.39, 0.29) is 12.1 Å². The van der Waals surface area contributed by atoms with Gasteiger partial charge in [-0.05, 0) is 36.2 Å². The molecule has 0 aliphatic rings. The van der Waals surface area contributed by atoms with E-state index in [2.05, 4.69) is 10.1 Å². The lowest BCUT2D eigenvalue weighted by molar-refractivity contribution is -0.274. The predicted molar refractivity (Wildman–Crippen MR) is 85.6 cm³/mol. The van der Waals surface area contributed by atoms with Crippen LogP contribution in [0.5, 0.6) is 5.75 Å². The summed E-state index contributed by atoms with van der Waals surface area (Å²) < 4.78 is 40.9. The van der Waals surface area contributed by atoms with Crippen molar-refractivity contribution in [3.63, 3.8) is 0 Å². The fourth-order valence-electron chi connectivity index (χ4n) is 2.00. The summed E-state index contributed by atoms with van der Waals surface area (Å²) >= 11 is 11.8. The fraction of sp³-hybridized carbons (Fsp3) is 0.188. The average molecular weight is 378 g/mol. The van der Waals surface area contributed by atoms with Crippen molar-refractivity contribution < 1.29 is 22.7 Å². The highest BCUT2D eigenvalue weighted by atomic mass is 35.5. The fourth-order valence-corrected chi connectivity index (χ4v) is 2.50. The summed E-state index contributed by atoms with van der Waals surface area (Å²) in [6.07, 6.45) is -4.46. The van der Waals surface area contributed by atoms with Gasteiger partial charge in [-0.3, -0.25) is 4.79 Å². The maximum atomic E-state index is 12.4. The number of para-hydroxylation sites is 1. The quantitative estimate of drug-likeness (QED) is 0.807. The van der Waals surface area contributed by atoms with Gasteiger partial charge in [0.1, 0.15) is 5.75 Å². The largest absolute Gasteiger partial charge is 0.573 e. The molecule has 2 aromatic rings. The average Bonchev–Trinajstić information content (AvgIpc) is 2.48. The Balaban J connectivity index is 2.00. The number of amides is 1. The van der Waals surface area contributed by atoms with Crippen LogP contribution in [-0.2, 0) is 6.42 Å². The SMILES string of the molecule is O=C(NCCc1ccc(Cl)cc1Cl)c1ccccc1OC(F)(F)F. The molecule has 0 aromatic heterocycles. The summed E-state index contributed by atoms with van der Waals surface area (Å²) in [4.78, 5) is 12.1. The van der Waals surface area contributed by atoms with Gasteiger partial charge in [-0.1, -0.05) is 41.4 Å². The number of nitrogens with one attached hydrogen (secondary N) is 1. The van der Waals surface area contributed by atoms with Crippen molar-refractivity contribution in [3.05, 3.63) is 63.6 Å². The summed E-state index contributed by atoms with van der Waals surface area (Å²) in [5, 5.41) is 3.49. The molecule has 0 spiro atoms. The highest BCUT2D eigenvalue weighted by molar-refractivity contribution is 6.35. The molecule has 0 aliphatic carbocycles. The third-order valence-corrected chi connectivity index (χ3v) is 3.64. The molecule has 0 aliphatic heterocycles. The molecule has 2 rings (SSSR count). The molecule has 24 heavy (non-hydrogen) atoms. The van der Waals surface area contributed by atoms with Gasteiger partial charge in [0.05, 0.1) is 5.56 Å². The topological polar surface area (TPSA) is 38.3 Å². The van der Waals surface area contributed by atoms with Gasteiger partial charge in [0, 0.05) is 16.6 Å². The van der Waals surface area contributed by atoms with Gasteiger partial charge >= 0.3 is 6.36 Å². The number of carbonyl (C=O) groups excluding carboxylic acids is 1. The third kappa shape index (κ3) is 5.32. The number of hydrogen-bond donors (Lipinski definition) is 1. The molecule has 0 radical (unpaired) electrons. The molecule has 128 valence electrons. The number of halogens is 5. The lowest BCUT2D eigenvalue weighted by Crippen LogP contribution is -2.27. The van der Waals surface area contributed by atoms with Gasteiger partial charge in [0.15, 0.2) is 0 Å². The minimum Gasteiger partial charge on any atom is -0.405 e. The highest BCUT2D eigenvalue weighted by Crippen LogP contribution is 2.26. The molecule has 8 heteroatoms. The smallest absolute Gasteiger partial charge is 0.405 e. The Morgan fingerprint density at radius 3 is 2.50 bits per heavy atom. The second-order valence-electron chi connectivity index (χ2n) is 4.79. The van der Waals surface area contributed by atoms with Crippen LogP contribution in [0.15, 0.2) is 42.5 Å². The molecule has 0 saturated carbocycles. The number of alkyl halides is 3. The molecule has 0 bridgehead atoms. The van der Waals surface area contributed by atoms with Crippen LogP contribution in [0, 0.1) is 0 Å². The summed E-state index contributed by atoms with van der Waals surface area (Å²) in [7, 11) is 0.